The quantitative estimate of drug-likeness (QED) is 0.636. The van der Waals surface area contributed by atoms with Gasteiger partial charge in [0, 0.05) is 12.6 Å². The zero-order valence-corrected chi connectivity index (χ0v) is 13.8. The summed E-state index contributed by atoms with van der Waals surface area (Å²) in [6, 6.07) is 0.0879. The number of rotatable bonds is 9. The van der Waals surface area contributed by atoms with Crippen molar-refractivity contribution >= 4 is 23.1 Å². The van der Waals surface area contributed by atoms with Gasteiger partial charge in [0.15, 0.2) is 0 Å². The van der Waals surface area contributed by atoms with Crippen molar-refractivity contribution in [2.45, 2.75) is 52.5 Å². The molecule has 4 nitrogen and oxygen atoms in total. The van der Waals surface area contributed by atoms with Gasteiger partial charge in [0.05, 0.1) is 10.4 Å². The number of nitrogens with two attached hydrogens (primary N) is 1. The summed E-state index contributed by atoms with van der Waals surface area (Å²) < 4.78 is 0. The Morgan fingerprint density at radius 3 is 2.11 bits per heavy atom. The van der Waals surface area contributed by atoms with Gasteiger partial charge in [-0.1, -0.05) is 38.9 Å². The normalized spacial score (nSPS) is 13.4. The topological polar surface area (TPSA) is 58.4 Å². The molecule has 0 aromatic rings. The summed E-state index contributed by atoms with van der Waals surface area (Å²) in [6.07, 6.45) is 3.23. The molecule has 0 bridgehead atoms. The van der Waals surface area contributed by atoms with Gasteiger partial charge in [-0.2, -0.15) is 0 Å². The van der Waals surface area contributed by atoms with Gasteiger partial charge < -0.3 is 16.0 Å². The van der Waals surface area contributed by atoms with Gasteiger partial charge in [0.2, 0.25) is 5.91 Å². The van der Waals surface area contributed by atoms with Crippen molar-refractivity contribution in [1.29, 1.82) is 0 Å². The van der Waals surface area contributed by atoms with E-state index in [0.717, 1.165) is 32.2 Å². The molecule has 1 amide bonds. The SMILES string of the molecule is CCCC(CCC)(C(=O)NC(C)CN(C)C)C(N)=S. The molecule has 0 spiro atoms. The van der Waals surface area contributed by atoms with Crippen molar-refractivity contribution < 1.29 is 4.79 Å². The summed E-state index contributed by atoms with van der Waals surface area (Å²) in [5, 5.41) is 3.06. The second kappa shape index (κ2) is 8.48. The molecule has 0 fully saturated rings. The largest absolute Gasteiger partial charge is 0.392 e. The number of likely N-dealkylation sites (N-methyl/N-ethyl adjacent to an activating group) is 1. The first-order valence-corrected chi connectivity index (χ1v) is 7.46. The fraction of sp³-hybridized carbons (Fsp3) is 0.857. The third kappa shape index (κ3) is 5.45. The van der Waals surface area contributed by atoms with E-state index in [0.29, 0.717) is 4.99 Å². The van der Waals surface area contributed by atoms with Gasteiger partial charge in [-0.15, -0.1) is 0 Å². The minimum atomic E-state index is -0.681. The van der Waals surface area contributed by atoms with Crippen LogP contribution >= 0.6 is 12.2 Å². The maximum Gasteiger partial charge on any atom is 0.233 e. The second-order valence-electron chi connectivity index (χ2n) is 5.58. The molecule has 0 aromatic heterocycles. The van der Waals surface area contributed by atoms with E-state index >= 15 is 0 Å². The van der Waals surface area contributed by atoms with Crippen LogP contribution in [0.25, 0.3) is 0 Å². The lowest BCUT2D eigenvalue weighted by Crippen LogP contribution is -2.52. The molecule has 19 heavy (non-hydrogen) atoms. The predicted molar refractivity (Wildman–Crippen MR) is 85.2 cm³/mol. The Morgan fingerprint density at radius 2 is 1.79 bits per heavy atom. The molecule has 0 aliphatic carbocycles. The van der Waals surface area contributed by atoms with Crippen LogP contribution in [0.3, 0.4) is 0 Å². The Labute approximate surface area is 123 Å². The molecule has 1 atom stereocenters. The maximum absolute atomic E-state index is 12.6. The number of nitrogens with one attached hydrogen (secondary N) is 1. The molecule has 5 heteroatoms. The average Bonchev–Trinajstić information content (AvgIpc) is 2.26. The van der Waals surface area contributed by atoms with Crippen LogP contribution in [0.2, 0.25) is 0 Å². The summed E-state index contributed by atoms with van der Waals surface area (Å²) in [5.41, 5.74) is 5.20. The highest BCUT2D eigenvalue weighted by molar-refractivity contribution is 7.80. The minimum absolute atomic E-state index is 0.0157. The Morgan fingerprint density at radius 1 is 1.32 bits per heavy atom. The predicted octanol–water partition coefficient (Wildman–Crippen LogP) is 1.93. The summed E-state index contributed by atoms with van der Waals surface area (Å²) in [7, 11) is 3.98. The van der Waals surface area contributed by atoms with Crippen molar-refractivity contribution in [2.75, 3.05) is 20.6 Å². The molecular formula is C14H29N3OS. The highest BCUT2D eigenvalue weighted by Crippen LogP contribution is 2.31. The number of thiocarbonyl (C=S) groups is 1. The maximum atomic E-state index is 12.6. The molecule has 0 heterocycles. The van der Waals surface area contributed by atoms with Gasteiger partial charge >= 0.3 is 0 Å². The van der Waals surface area contributed by atoms with Crippen LogP contribution in [0.15, 0.2) is 0 Å². The third-order valence-electron chi connectivity index (χ3n) is 3.28. The molecule has 0 rings (SSSR count). The van der Waals surface area contributed by atoms with Gasteiger partial charge in [-0.05, 0) is 33.9 Å². The average molecular weight is 287 g/mol. The van der Waals surface area contributed by atoms with E-state index in [1.165, 1.54) is 0 Å². The van der Waals surface area contributed by atoms with Crippen LogP contribution in [0.5, 0.6) is 0 Å². The van der Waals surface area contributed by atoms with Crippen molar-refractivity contribution in [3.05, 3.63) is 0 Å². The van der Waals surface area contributed by atoms with Crippen LogP contribution < -0.4 is 11.1 Å². The van der Waals surface area contributed by atoms with Crippen LogP contribution in [-0.4, -0.2) is 42.5 Å². The molecule has 3 N–H and O–H groups in total. The molecule has 0 radical (unpaired) electrons. The number of amides is 1. The van der Waals surface area contributed by atoms with Gasteiger partial charge in [0.25, 0.3) is 0 Å². The molecule has 1 unspecified atom stereocenters. The van der Waals surface area contributed by atoms with Crippen molar-refractivity contribution in [1.82, 2.24) is 10.2 Å². The Bertz CT molecular complexity index is 299. The number of hydrogen-bond donors (Lipinski definition) is 2. The first-order valence-electron chi connectivity index (χ1n) is 7.05. The van der Waals surface area contributed by atoms with Crippen molar-refractivity contribution in [3.63, 3.8) is 0 Å². The van der Waals surface area contributed by atoms with Crippen LogP contribution in [0, 0.1) is 5.41 Å². The minimum Gasteiger partial charge on any atom is -0.392 e. The number of carbonyl (C=O) groups excluding carboxylic acids is 1. The molecule has 0 aliphatic heterocycles. The molecular weight excluding hydrogens is 258 g/mol. The fourth-order valence-corrected chi connectivity index (χ4v) is 2.82. The molecule has 0 saturated heterocycles. The summed E-state index contributed by atoms with van der Waals surface area (Å²) >= 11 is 5.18. The lowest BCUT2D eigenvalue weighted by atomic mass is 9.78. The van der Waals surface area contributed by atoms with E-state index in [2.05, 4.69) is 19.2 Å². The number of carbonyl (C=O) groups is 1. The molecule has 0 aromatic carbocycles. The Kier molecular flexibility index (Phi) is 8.18. The monoisotopic (exact) mass is 287 g/mol. The molecule has 0 aliphatic rings. The van der Waals surface area contributed by atoms with Crippen LogP contribution in [0.4, 0.5) is 0 Å². The highest BCUT2D eigenvalue weighted by atomic mass is 32.1. The first kappa shape index (κ1) is 18.3. The van der Waals surface area contributed by atoms with E-state index in [1.54, 1.807) is 0 Å². The first-order chi connectivity index (χ1) is 8.80. The standard InChI is InChI=1S/C14H29N3OS/c1-6-8-14(9-7-2,12(15)19)13(18)16-11(3)10-17(4)5/h11H,6-10H2,1-5H3,(H2,15,19)(H,16,18). The number of hydrogen-bond acceptors (Lipinski definition) is 3. The van der Waals surface area contributed by atoms with E-state index in [9.17, 15) is 4.79 Å². The Hall–Kier alpha value is -0.680. The van der Waals surface area contributed by atoms with Gasteiger partial charge in [-0.25, -0.2) is 0 Å². The lowest BCUT2D eigenvalue weighted by Gasteiger charge is -2.32. The Balaban J connectivity index is 4.94. The van der Waals surface area contributed by atoms with E-state index < -0.39 is 5.41 Å². The summed E-state index contributed by atoms with van der Waals surface area (Å²) in [5.74, 6) is -0.0157. The number of nitrogens with zero attached hydrogens (tertiary/aromatic N) is 1. The second-order valence-corrected chi connectivity index (χ2v) is 6.02. The van der Waals surface area contributed by atoms with E-state index in [1.807, 2.05) is 25.9 Å². The fourth-order valence-electron chi connectivity index (χ4n) is 2.52. The zero-order chi connectivity index (χ0) is 15.1. The van der Waals surface area contributed by atoms with E-state index in [-0.39, 0.29) is 11.9 Å². The van der Waals surface area contributed by atoms with E-state index in [4.69, 9.17) is 18.0 Å². The van der Waals surface area contributed by atoms with Crippen LogP contribution in [0.1, 0.15) is 46.5 Å². The summed E-state index contributed by atoms with van der Waals surface area (Å²) in [6.45, 7) is 6.91. The molecule has 0 saturated carbocycles. The lowest BCUT2D eigenvalue weighted by molar-refractivity contribution is -0.128. The smallest absolute Gasteiger partial charge is 0.233 e. The van der Waals surface area contributed by atoms with Gasteiger partial charge in [0.1, 0.15) is 0 Å². The van der Waals surface area contributed by atoms with Crippen molar-refractivity contribution in [2.24, 2.45) is 11.1 Å². The third-order valence-corrected chi connectivity index (χ3v) is 3.67. The van der Waals surface area contributed by atoms with Crippen molar-refractivity contribution in [3.8, 4) is 0 Å². The zero-order valence-electron chi connectivity index (χ0n) is 13.0. The van der Waals surface area contributed by atoms with Crippen LogP contribution in [-0.2, 0) is 4.79 Å². The summed E-state index contributed by atoms with van der Waals surface area (Å²) in [4.78, 5) is 15.0. The molecule has 112 valence electrons. The van der Waals surface area contributed by atoms with Gasteiger partial charge in [-0.3, -0.25) is 4.79 Å². The highest BCUT2D eigenvalue weighted by Gasteiger charge is 2.40.